The van der Waals surface area contributed by atoms with E-state index in [2.05, 4.69) is 94.5 Å². The van der Waals surface area contributed by atoms with Crippen molar-refractivity contribution in [2.24, 2.45) is 0 Å². The molecule has 12 rings (SSSR count). The van der Waals surface area contributed by atoms with Crippen molar-refractivity contribution in [3.8, 4) is 34.3 Å². The number of nitrogens with one attached hydrogen (secondary N) is 1. The fourth-order valence-corrected chi connectivity index (χ4v) is 19.0. The Morgan fingerprint density at radius 2 is 1.05 bits per heavy atom. The third kappa shape index (κ3) is 13.0. The number of carbonyl (C=O) groups is 5. The maximum absolute atomic E-state index is 14.4. The first kappa shape index (κ1) is 69.9. The van der Waals surface area contributed by atoms with Crippen molar-refractivity contribution in [2.45, 2.75) is 208 Å². The molecule has 4 aromatic heterocycles. The number of cyclic esters (lactones) is 2. The maximum atomic E-state index is 14.4. The standard InChI is InChI=1S/C49H57N3O8Si.C29H32N2O6/c1-9-35-36-28-32(60-61(48(6,7)8,33-20-14-11-15-21-33)34-22-16-12-17-23-34)25-26-40(36)51-43-37(35)30-52-41(43)29-39-38(44(52)54)31-57-45(55)49(39,10-2)58-42(53)24-18-13-19-27-50-46(56)59-47(3,4)5;1-4-7-8-9-10-25(33)37-29(6-3)22-14-24-26-20(15-31(24)27(34)21(22)16-36-28(29)35)18(5-2)19-13-17(32)11-12-23(19)30-26/h11-12,14-17,20-23,25-26,28-29H,9-10,13,18-19,24,27,30-31H2,1-8H3,(H,50,56);11-14,32H,4-10,15-16H2,1-3H3/t49-;29-/m00/s1. The Morgan fingerprint density at radius 1 is 0.582 bits per heavy atom. The molecule has 4 aliphatic heterocycles. The van der Waals surface area contributed by atoms with Crippen LogP contribution in [0.3, 0.4) is 0 Å². The van der Waals surface area contributed by atoms with Gasteiger partial charge in [0.25, 0.3) is 11.1 Å². The van der Waals surface area contributed by atoms with E-state index < -0.39 is 55.1 Å². The molecule has 0 saturated carbocycles. The highest BCUT2D eigenvalue weighted by Crippen LogP contribution is 2.46. The highest BCUT2D eigenvalue weighted by atomic mass is 28.4. The number of alkyl carbamates (subject to hydrolysis) is 1. The number of hydrogen-bond acceptors (Lipinski definition) is 16. The fraction of sp³-hybridized carbons (Fsp3) is 0.423. The van der Waals surface area contributed by atoms with Gasteiger partial charge in [0.2, 0.25) is 11.2 Å². The lowest BCUT2D eigenvalue weighted by Gasteiger charge is -2.43. The molecule has 0 bridgehead atoms. The Morgan fingerprint density at radius 3 is 1.50 bits per heavy atom. The molecule has 0 unspecified atom stereocenters. The topological polar surface area (TPSA) is 243 Å². The Kier molecular flexibility index (Phi) is 20.1. The minimum Gasteiger partial charge on any atom is -0.534 e. The third-order valence-corrected chi connectivity index (χ3v) is 24.4. The minimum absolute atomic E-state index is 0.0543. The first-order chi connectivity index (χ1) is 46.9. The van der Waals surface area contributed by atoms with Crippen LogP contribution in [0.2, 0.25) is 5.04 Å². The van der Waals surface area contributed by atoms with Crippen LogP contribution in [-0.4, -0.2) is 74.6 Å². The number of benzene rings is 4. The second kappa shape index (κ2) is 28.2. The molecule has 8 heterocycles. The average Bonchev–Trinajstić information content (AvgIpc) is 1.49. The maximum Gasteiger partial charge on any atom is 0.407 e. The zero-order valence-electron chi connectivity index (χ0n) is 58.2. The molecule has 8 aromatic rings. The number of fused-ring (bicyclic) bond motifs is 10. The van der Waals surface area contributed by atoms with Gasteiger partial charge >= 0.3 is 38.3 Å². The molecule has 0 fully saturated rings. The van der Waals surface area contributed by atoms with Gasteiger partial charge < -0.3 is 47.7 Å². The monoisotopic (exact) mass is 1350 g/mol. The van der Waals surface area contributed by atoms with Gasteiger partial charge in [0.05, 0.1) is 58.0 Å². The number of pyridine rings is 4. The van der Waals surface area contributed by atoms with Crippen LogP contribution >= 0.6 is 0 Å². The number of aryl methyl sites for hydroxylation is 2. The number of phenolic OH excluding ortho intramolecular Hbond substituents is 1. The third-order valence-electron chi connectivity index (χ3n) is 19.4. The van der Waals surface area contributed by atoms with Crippen LogP contribution in [0.25, 0.3) is 44.6 Å². The zero-order valence-corrected chi connectivity index (χ0v) is 59.2. The second-order valence-corrected chi connectivity index (χ2v) is 32.0. The van der Waals surface area contributed by atoms with Crippen LogP contribution in [-0.2, 0) is 93.2 Å². The highest BCUT2D eigenvalue weighted by molar-refractivity contribution is 7.00. The van der Waals surface area contributed by atoms with Crippen molar-refractivity contribution in [2.75, 3.05) is 6.54 Å². The number of aromatic hydroxyl groups is 1. The molecule has 4 aromatic carbocycles. The summed E-state index contributed by atoms with van der Waals surface area (Å²) in [5.74, 6) is -1.48. The van der Waals surface area contributed by atoms with E-state index in [0.717, 1.165) is 63.6 Å². The molecule has 0 radical (unpaired) electrons. The van der Waals surface area contributed by atoms with Crippen molar-refractivity contribution in [3.05, 3.63) is 174 Å². The summed E-state index contributed by atoms with van der Waals surface area (Å²) in [4.78, 5) is 103. The van der Waals surface area contributed by atoms with Crippen molar-refractivity contribution in [1.82, 2.24) is 24.4 Å². The first-order valence-corrected chi connectivity index (χ1v) is 36.5. The lowest BCUT2D eigenvalue weighted by Crippen LogP contribution is -2.68. The molecule has 98 heavy (non-hydrogen) atoms. The summed E-state index contributed by atoms with van der Waals surface area (Å²) in [5, 5.41) is 16.7. The van der Waals surface area contributed by atoms with Crippen LogP contribution < -0.4 is 31.2 Å². The van der Waals surface area contributed by atoms with E-state index in [1.54, 1.807) is 74.1 Å². The lowest BCUT2D eigenvalue weighted by atomic mass is 9.85. The average molecular weight is 1350 g/mol. The molecular formula is C78H89N5O14Si. The molecule has 2 N–H and O–H groups in total. The molecule has 0 saturated heterocycles. The van der Waals surface area contributed by atoms with E-state index in [9.17, 15) is 38.7 Å². The molecule has 0 aliphatic carbocycles. The van der Waals surface area contributed by atoms with Gasteiger partial charge in [-0.05, 0) is 141 Å². The fourth-order valence-electron chi connectivity index (χ4n) is 14.6. The summed E-state index contributed by atoms with van der Waals surface area (Å²) in [5.41, 5.74) is 4.67. The van der Waals surface area contributed by atoms with E-state index in [-0.39, 0.29) is 60.8 Å². The zero-order chi connectivity index (χ0) is 70.1. The molecule has 20 heteroatoms. The van der Waals surface area contributed by atoms with Gasteiger partial charge in [-0.3, -0.25) is 19.2 Å². The quantitative estimate of drug-likeness (QED) is 0.0294. The minimum atomic E-state index is -2.92. The van der Waals surface area contributed by atoms with Crippen LogP contribution in [0.4, 0.5) is 4.79 Å². The van der Waals surface area contributed by atoms with Gasteiger partial charge in [-0.1, -0.05) is 142 Å². The Hall–Kier alpha value is -9.43. The van der Waals surface area contributed by atoms with E-state index in [0.29, 0.717) is 109 Å². The van der Waals surface area contributed by atoms with Gasteiger partial charge in [-0.2, -0.15) is 0 Å². The number of rotatable bonds is 21. The number of phenols is 1. The van der Waals surface area contributed by atoms with E-state index in [1.807, 2.05) is 31.2 Å². The van der Waals surface area contributed by atoms with E-state index in [1.165, 1.54) is 10.4 Å². The first-order valence-electron chi connectivity index (χ1n) is 34.6. The van der Waals surface area contributed by atoms with Crippen molar-refractivity contribution < 1.29 is 57.2 Å². The Bertz CT molecular complexity index is 4510. The number of ether oxygens (including phenoxy) is 5. The molecule has 1 amide bonds. The number of amides is 1. The normalized spacial score (nSPS) is 16.6. The summed E-state index contributed by atoms with van der Waals surface area (Å²) < 4.78 is 38.9. The number of carbonyl (C=O) groups excluding carboxylic acids is 5. The lowest BCUT2D eigenvalue weighted by molar-refractivity contribution is -0.189. The highest BCUT2D eigenvalue weighted by Gasteiger charge is 2.54. The predicted molar refractivity (Wildman–Crippen MR) is 377 cm³/mol. The molecule has 4 aliphatic rings. The van der Waals surface area contributed by atoms with Gasteiger partial charge in [-0.25, -0.2) is 24.4 Å². The molecule has 19 nitrogen and oxygen atoms in total. The number of nitrogens with zero attached hydrogens (tertiary/aromatic N) is 4. The van der Waals surface area contributed by atoms with Crippen LogP contribution in [0.15, 0.2) is 119 Å². The van der Waals surface area contributed by atoms with Gasteiger partial charge in [-0.15, -0.1) is 0 Å². The van der Waals surface area contributed by atoms with E-state index >= 15 is 0 Å². The SMILES string of the molecule is CCCCCCC(=O)O[C@]1(CC)C(=O)OCc2c1cc1n(c2=O)Cc2c-1nc1ccc(O)cc1c2CC.CCc1c2c(nc3ccc(O[Si](c4ccccc4)(c4ccccc4)C(C)(C)C)cc13)-c1cc3c(c(=O)n1C2)COC(=O)[C@@]3(CC)OC(=O)CCCCCNC(=O)OC(C)(C)C. The summed E-state index contributed by atoms with van der Waals surface area (Å²) >= 11 is 0. The van der Waals surface area contributed by atoms with Gasteiger partial charge in [0, 0.05) is 52.4 Å². The molecule has 2 atom stereocenters. The Balaban J connectivity index is 0.000000223. The number of hydrogen-bond donors (Lipinski definition) is 2. The van der Waals surface area contributed by atoms with Crippen LogP contribution in [0, 0.1) is 0 Å². The van der Waals surface area contributed by atoms with Crippen LogP contribution in [0.5, 0.6) is 11.5 Å². The summed E-state index contributed by atoms with van der Waals surface area (Å²) in [6.45, 7) is 22.6. The summed E-state index contributed by atoms with van der Waals surface area (Å²) in [6.07, 6.45) is 6.82. The number of esters is 4. The van der Waals surface area contributed by atoms with Crippen molar-refractivity contribution in [1.29, 1.82) is 0 Å². The van der Waals surface area contributed by atoms with Crippen molar-refractivity contribution >= 4 is 70.5 Å². The Labute approximate surface area is 572 Å². The summed E-state index contributed by atoms with van der Waals surface area (Å²) in [7, 11) is -2.92. The van der Waals surface area contributed by atoms with Crippen molar-refractivity contribution in [3.63, 3.8) is 0 Å². The molecule has 0 spiro atoms. The largest absolute Gasteiger partial charge is 0.534 e. The van der Waals surface area contributed by atoms with E-state index in [4.69, 9.17) is 38.1 Å². The number of unbranched alkanes of at least 4 members (excludes halogenated alkanes) is 5. The van der Waals surface area contributed by atoms with Crippen LogP contribution in [0.1, 0.15) is 191 Å². The predicted octanol–water partition coefficient (Wildman–Crippen LogP) is 13.1. The smallest absolute Gasteiger partial charge is 0.407 e. The van der Waals surface area contributed by atoms with Gasteiger partial charge in [0.15, 0.2) is 0 Å². The second-order valence-electron chi connectivity index (χ2n) is 27.8. The molecular weight excluding hydrogens is 1260 g/mol. The number of aromatic nitrogens is 4. The van der Waals surface area contributed by atoms with Gasteiger partial charge in [0.1, 0.15) is 30.3 Å². The summed E-state index contributed by atoms with van der Waals surface area (Å²) in [6, 6.07) is 35.8. The molecule has 514 valence electrons.